The van der Waals surface area contributed by atoms with Crippen LogP contribution < -0.4 is 0 Å². The first-order valence-corrected chi connectivity index (χ1v) is 6.36. The molecule has 3 nitrogen and oxygen atoms in total. The van der Waals surface area contributed by atoms with Gasteiger partial charge in [0.15, 0.2) is 0 Å². The number of hydrogen-bond donors (Lipinski definition) is 0. The van der Waals surface area contributed by atoms with Crippen molar-refractivity contribution >= 4 is 30.6 Å². The molecule has 0 aromatic carbocycles. The van der Waals surface area contributed by atoms with Crippen molar-refractivity contribution in [3.8, 4) is 0 Å². The van der Waals surface area contributed by atoms with Crippen LogP contribution >= 0.6 is 0 Å². The van der Waals surface area contributed by atoms with Gasteiger partial charge in [0.05, 0.1) is 0 Å². The van der Waals surface area contributed by atoms with Gasteiger partial charge in [0, 0.05) is 0 Å². The molecule has 84 valence electrons. The van der Waals surface area contributed by atoms with Crippen LogP contribution in [-0.2, 0) is 12.4 Å². The molecule has 0 aliphatic rings. The van der Waals surface area contributed by atoms with Gasteiger partial charge in [-0.05, 0) is 0 Å². The maximum atomic E-state index is 11.8. The van der Waals surface area contributed by atoms with Crippen molar-refractivity contribution < 1.29 is 12.4 Å². The number of ketones is 1. The molecule has 0 saturated heterocycles. The van der Waals surface area contributed by atoms with E-state index >= 15 is 0 Å². The van der Waals surface area contributed by atoms with E-state index in [2.05, 4.69) is 0 Å². The molecule has 0 amide bonds. The molecule has 0 bridgehead atoms. The van der Waals surface area contributed by atoms with E-state index in [1.807, 2.05) is 27.7 Å². The summed E-state index contributed by atoms with van der Waals surface area (Å²) in [5.41, 5.74) is -0.365. The average Bonchev–Trinajstić information content (AvgIpc) is 2.16. The summed E-state index contributed by atoms with van der Waals surface area (Å²) in [7, 11) is 1.63. The van der Waals surface area contributed by atoms with Gasteiger partial charge in [0.25, 0.3) is 0 Å². The Morgan fingerprint density at radius 1 is 1.47 bits per heavy atom. The third-order valence-electron chi connectivity index (χ3n) is 2.12. The molecule has 2 radical (unpaired) electrons. The van der Waals surface area contributed by atoms with E-state index in [0.717, 1.165) is 6.42 Å². The Bertz CT molecular complexity index is 237. The predicted molar refractivity (Wildman–Crippen MR) is 60.5 cm³/mol. The first kappa shape index (κ1) is 15.0. The Morgan fingerprint density at radius 2 is 2.00 bits per heavy atom. The summed E-state index contributed by atoms with van der Waals surface area (Å²) in [6, 6.07) is 0. The van der Waals surface area contributed by atoms with Crippen LogP contribution in [0.1, 0.15) is 34.1 Å². The van der Waals surface area contributed by atoms with Crippen molar-refractivity contribution in [2.75, 3.05) is 7.11 Å². The van der Waals surface area contributed by atoms with Crippen LogP contribution in [0.3, 0.4) is 0 Å². The first-order chi connectivity index (χ1) is 6.86. The van der Waals surface area contributed by atoms with E-state index in [0.29, 0.717) is 30.6 Å². The predicted octanol–water partition coefficient (Wildman–Crippen LogP) is 2.01. The quantitative estimate of drug-likeness (QED) is 0.575. The normalized spacial score (nSPS) is 14.9. The molecular weight excluding hydrogens is 295 g/mol. The second kappa shape index (κ2) is 6.59. The van der Waals surface area contributed by atoms with Crippen LogP contribution in [0.15, 0.2) is 11.8 Å². The van der Waals surface area contributed by atoms with Gasteiger partial charge >= 0.3 is 108 Å². The molecule has 0 heterocycles. The zero-order valence-corrected chi connectivity index (χ0v) is 13.5. The Labute approximate surface area is 107 Å². The Morgan fingerprint density at radius 3 is 2.27 bits per heavy atom. The first-order valence-electron chi connectivity index (χ1n) is 5.02. The van der Waals surface area contributed by atoms with Crippen LogP contribution in [0.4, 0.5) is 0 Å². The minimum atomic E-state index is -0.365. The molecule has 0 aliphatic heterocycles. The number of carbonyl (C=O) groups is 1. The van der Waals surface area contributed by atoms with Crippen LogP contribution in [0.5, 0.6) is 0 Å². The zero-order chi connectivity index (χ0) is 12.1. The van der Waals surface area contributed by atoms with Gasteiger partial charge in [-0.1, -0.05) is 0 Å². The second-order valence-electron chi connectivity index (χ2n) is 4.41. The summed E-state index contributed by atoms with van der Waals surface area (Å²) in [6.45, 7) is 7.68. The molecule has 4 heteroatoms. The van der Waals surface area contributed by atoms with Crippen LogP contribution in [0.25, 0.3) is 0 Å². The van der Waals surface area contributed by atoms with E-state index in [4.69, 9.17) is 7.59 Å². The van der Waals surface area contributed by atoms with Gasteiger partial charge in [0.1, 0.15) is 0 Å². The van der Waals surface area contributed by atoms with Gasteiger partial charge < -0.3 is 0 Å². The second-order valence-corrected chi connectivity index (χ2v) is 5.08. The van der Waals surface area contributed by atoms with E-state index in [-0.39, 0.29) is 17.3 Å². The minimum absolute atomic E-state index is 0.0716. The molecule has 15 heavy (non-hydrogen) atoms. The van der Waals surface area contributed by atoms with E-state index in [1.165, 1.54) is 0 Å². The zero-order valence-electron chi connectivity index (χ0n) is 10.2. The van der Waals surface area contributed by atoms with Crippen molar-refractivity contribution in [1.82, 2.24) is 0 Å². The number of allylic oxidation sites excluding steroid dienone is 1. The summed E-state index contributed by atoms with van der Waals surface area (Å²) >= 11 is 0.634. The Hall–Kier alpha value is 0.0401. The number of hydrogen-bond acceptors (Lipinski definition) is 3. The van der Waals surface area contributed by atoms with Crippen LogP contribution in [0, 0.1) is 5.41 Å². The molecule has 1 unspecified atom stereocenters. The van der Waals surface area contributed by atoms with Crippen LogP contribution in [-0.4, -0.2) is 43.8 Å². The summed E-state index contributed by atoms with van der Waals surface area (Å²) in [5, 5.41) is 0. The van der Waals surface area contributed by atoms with Crippen molar-refractivity contribution in [2.24, 2.45) is 5.41 Å². The Balaban J connectivity index is 4.80. The summed E-state index contributed by atoms with van der Waals surface area (Å²) < 4.78 is 10.5. The van der Waals surface area contributed by atoms with Crippen LogP contribution in [0.2, 0.25) is 0 Å². The van der Waals surface area contributed by atoms with Crippen molar-refractivity contribution in [1.29, 1.82) is 0 Å². The molecule has 0 saturated carbocycles. The third kappa shape index (κ3) is 5.07. The van der Waals surface area contributed by atoms with Gasteiger partial charge in [0.2, 0.25) is 0 Å². The topological polar surface area (TPSA) is 35.5 Å². The van der Waals surface area contributed by atoms with Crippen molar-refractivity contribution in [3.63, 3.8) is 0 Å². The summed E-state index contributed by atoms with van der Waals surface area (Å²) in [6.07, 6.45) is 2.27. The molecule has 0 aromatic heterocycles. The number of carbonyl (C=O) groups excluding carboxylic acids is 1. The van der Waals surface area contributed by atoms with Gasteiger partial charge in [-0.15, -0.1) is 0 Å². The third-order valence-corrected chi connectivity index (χ3v) is 2.90. The summed E-state index contributed by atoms with van der Waals surface area (Å²) in [4.78, 5) is 11.8. The fourth-order valence-electron chi connectivity index (χ4n) is 1.03. The molecule has 1 atom stereocenters. The molecule has 0 fully saturated rings. The monoisotopic (exact) mass is 314 g/mol. The molecule has 0 aromatic rings. The van der Waals surface area contributed by atoms with E-state index in [9.17, 15) is 4.79 Å². The standard InChI is InChI=1S/C11H20O3.In/c1-6-9(14-5)8(12)7-10(13)11(2,3)4;/h7,9,12H,6H2,1-5H3;/q;+1/p-1/b8-7-;. The van der Waals surface area contributed by atoms with E-state index in [1.54, 1.807) is 13.2 Å². The number of rotatable bonds is 5. The van der Waals surface area contributed by atoms with Gasteiger partial charge in [-0.25, -0.2) is 0 Å². The summed E-state index contributed by atoms with van der Waals surface area (Å²) in [5.74, 6) is 0.727. The molecule has 0 aliphatic carbocycles. The van der Waals surface area contributed by atoms with Crippen molar-refractivity contribution in [3.05, 3.63) is 11.8 Å². The molecule has 0 rings (SSSR count). The molecule has 0 N–H and O–H groups in total. The van der Waals surface area contributed by atoms with Gasteiger partial charge in [-0.2, -0.15) is 0 Å². The SMILES string of the molecule is CCC(OC)/C(=C/C(=O)C(C)(C)C)[O][In]. The fraction of sp³-hybridized carbons (Fsp3) is 0.727. The Kier molecular flexibility index (Phi) is 6.60. The number of methoxy groups -OCH3 is 1. The molecule has 0 spiro atoms. The van der Waals surface area contributed by atoms with Gasteiger partial charge in [-0.3, -0.25) is 0 Å². The fourth-order valence-corrected chi connectivity index (χ4v) is 1.66. The molecular formula is C11H19InO3. The average molecular weight is 314 g/mol. The maximum absolute atomic E-state index is 11.8. The van der Waals surface area contributed by atoms with Crippen molar-refractivity contribution in [2.45, 2.75) is 40.2 Å². The van der Waals surface area contributed by atoms with E-state index < -0.39 is 0 Å². The number of ether oxygens (including phenoxy) is 1.